The zero-order valence-corrected chi connectivity index (χ0v) is 26.8. The van der Waals surface area contributed by atoms with Gasteiger partial charge in [-0.05, 0) is 100 Å². The quantitative estimate of drug-likeness (QED) is 0.394. The first-order valence-corrected chi connectivity index (χ1v) is 15.6. The molecule has 7 nitrogen and oxygen atoms in total. The molecule has 4 rings (SSSR count). The Morgan fingerprint density at radius 3 is 2.26 bits per heavy atom. The van der Waals surface area contributed by atoms with E-state index in [0.717, 1.165) is 24.1 Å². The highest BCUT2D eigenvalue weighted by atomic mass is 19.1. The zero-order valence-electron chi connectivity index (χ0n) is 26.8. The normalized spacial score (nSPS) is 20.1. The van der Waals surface area contributed by atoms with Gasteiger partial charge < -0.3 is 19.9 Å². The van der Waals surface area contributed by atoms with Crippen LogP contribution in [0.1, 0.15) is 95.1 Å². The molecule has 0 aliphatic carbocycles. The molecule has 0 aromatic heterocycles. The van der Waals surface area contributed by atoms with Crippen molar-refractivity contribution in [2.24, 2.45) is 11.8 Å². The summed E-state index contributed by atoms with van der Waals surface area (Å²) in [4.78, 5) is 43.9. The molecule has 234 valence electrons. The van der Waals surface area contributed by atoms with Crippen molar-refractivity contribution in [3.05, 3.63) is 65.0 Å². The molecule has 1 N–H and O–H groups in total. The minimum Gasteiger partial charge on any atom is -0.444 e. The molecule has 8 heteroatoms. The third kappa shape index (κ3) is 8.15. The number of halogens is 1. The highest BCUT2D eigenvalue weighted by Crippen LogP contribution is 2.35. The molecular weight excluding hydrogens is 545 g/mol. The van der Waals surface area contributed by atoms with Crippen molar-refractivity contribution in [1.82, 2.24) is 9.80 Å². The maximum atomic E-state index is 15.0. The van der Waals surface area contributed by atoms with E-state index in [0.29, 0.717) is 44.5 Å². The predicted molar refractivity (Wildman–Crippen MR) is 168 cm³/mol. The third-order valence-corrected chi connectivity index (χ3v) is 8.65. The molecule has 43 heavy (non-hydrogen) atoms. The summed E-state index contributed by atoms with van der Waals surface area (Å²) in [6.45, 7) is 15.3. The molecule has 2 aromatic rings. The Bertz CT molecular complexity index is 1300. The van der Waals surface area contributed by atoms with Crippen molar-refractivity contribution in [3.8, 4) is 0 Å². The van der Waals surface area contributed by atoms with E-state index >= 15 is 0 Å². The first-order valence-electron chi connectivity index (χ1n) is 15.6. The van der Waals surface area contributed by atoms with Gasteiger partial charge in [-0.2, -0.15) is 0 Å². The van der Waals surface area contributed by atoms with Crippen molar-refractivity contribution >= 4 is 23.6 Å². The summed E-state index contributed by atoms with van der Waals surface area (Å²) in [5, 5.41) is 3.14. The van der Waals surface area contributed by atoms with E-state index in [9.17, 15) is 18.8 Å². The molecule has 2 aliphatic heterocycles. The number of aryl methyl sites for hydroxylation is 1. The Morgan fingerprint density at radius 2 is 1.63 bits per heavy atom. The number of nitrogens with zero attached hydrogens (tertiary/aromatic N) is 2. The van der Waals surface area contributed by atoms with Crippen LogP contribution >= 0.6 is 0 Å². The average Bonchev–Trinajstić information content (AvgIpc) is 2.92. The van der Waals surface area contributed by atoms with Gasteiger partial charge in [0.1, 0.15) is 11.4 Å². The van der Waals surface area contributed by atoms with Crippen molar-refractivity contribution in [1.29, 1.82) is 0 Å². The zero-order chi connectivity index (χ0) is 31.5. The van der Waals surface area contributed by atoms with Gasteiger partial charge in [-0.1, -0.05) is 45.0 Å². The van der Waals surface area contributed by atoms with Crippen molar-refractivity contribution < 1.29 is 23.5 Å². The van der Waals surface area contributed by atoms with E-state index in [4.69, 9.17) is 4.74 Å². The van der Waals surface area contributed by atoms with Crippen LogP contribution in [-0.2, 0) is 14.9 Å². The second-order valence-electron chi connectivity index (χ2n) is 14.2. The summed E-state index contributed by atoms with van der Waals surface area (Å²) in [7, 11) is 0. The fraction of sp³-hybridized carbons (Fsp3) is 0.571. The van der Waals surface area contributed by atoms with Crippen molar-refractivity contribution in [3.63, 3.8) is 0 Å². The Hall–Kier alpha value is -3.42. The van der Waals surface area contributed by atoms with Crippen molar-refractivity contribution in [2.75, 3.05) is 25.0 Å². The second-order valence-corrected chi connectivity index (χ2v) is 14.2. The minimum atomic E-state index is -0.561. The number of hydrogen-bond donors (Lipinski definition) is 1. The molecule has 2 saturated heterocycles. The van der Waals surface area contributed by atoms with Gasteiger partial charge in [0.15, 0.2) is 0 Å². The van der Waals surface area contributed by atoms with E-state index in [1.807, 2.05) is 39.0 Å². The number of carbonyl (C=O) groups is 3. The summed E-state index contributed by atoms with van der Waals surface area (Å²) >= 11 is 0. The summed E-state index contributed by atoms with van der Waals surface area (Å²) in [6.07, 6.45) is 3.10. The molecule has 2 heterocycles. The molecule has 2 fully saturated rings. The molecular formula is C35H48FN3O4. The summed E-state index contributed by atoms with van der Waals surface area (Å²) in [6, 6.07) is 12.2. The Labute approximate surface area is 256 Å². The second kappa shape index (κ2) is 13.1. The molecule has 0 radical (unpaired) electrons. The van der Waals surface area contributed by atoms with Crippen LogP contribution in [0.4, 0.5) is 14.9 Å². The fourth-order valence-electron chi connectivity index (χ4n) is 6.27. The lowest BCUT2D eigenvalue weighted by molar-refractivity contribution is -0.123. The molecule has 2 atom stereocenters. The lowest BCUT2D eigenvalue weighted by atomic mass is 9.79. The molecule has 3 amide bonds. The number of hydrogen-bond acceptors (Lipinski definition) is 4. The fourth-order valence-corrected chi connectivity index (χ4v) is 6.27. The minimum absolute atomic E-state index is 0.0664. The molecule has 2 aromatic carbocycles. The number of nitrogens with one attached hydrogen (secondary N) is 1. The third-order valence-electron chi connectivity index (χ3n) is 8.65. The van der Waals surface area contributed by atoms with Gasteiger partial charge in [-0.15, -0.1) is 0 Å². The van der Waals surface area contributed by atoms with Gasteiger partial charge >= 0.3 is 6.09 Å². The van der Waals surface area contributed by atoms with Gasteiger partial charge in [0.25, 0.3) is 5.91 Å². The highest BCUT2D eigenvalue weighted by molar-refractivity contribution is 5.98. The SMILES string of the molecule is Cc1cccc(F)c1C(=O)N1CCCC(C(=O)Nc2cccc(C(C)(C)C)c2)C1CC1CCN(C(=O)OC(C)(C)C)CC1. The summed E-state index contributed by atoms with van der Waals surface area (Å²) in [5.41, 5.74) is 1.88. The van der Waals surface area contributed by atoms with Crippen LogP contribution in [0.15, 0.2) is 42.5 Å². The smallest absolute Gasteiger partial charge is 0.410 e. The molecule has 0 saturated carbocycles. The molecule has 0 spiro atoms. The first kappa shape index (κ1) is 32.5. The van der Waals surface area contributed by atoms with Gasteiger partial charge in [0.2, 0.25) is 5.91 Å². The Kier molecular flexibility index (Phi) is 9.87. The number of rotatable bonds is 5. The van der Waals surface area contributed by atoms with Crippen LogP contribution in [0.2, 0.25) is 0 Å². The van der Waals surface area contributed by atoms with Crippen LogP contribution < -0.4 is 5.32 Å². The van der Waals surface area contributed by atoms with E-state index in [-0.39, 0.29) is 40.8 Å². The van der Waals surface area contributed by atoms with Gasteiger partial charge in [0, 0.05) is 31.4 Å². The maximum Gasteiger partial charge on any atom is 0.410 e. The van der Waals surface area contributed by atoms with E-state index in [1.165, 1.54) is 6.07 Å². The highest BCUT2D eigenvalue weighted by Gasteiger charge is 2.41. The monoisotopic (exact) mass is 593 g/mol. The number of carbonyl (C=O) groups excluding carboxylic acids is 3. The lowest BCUT2D eigenvalue weighted by Crippen LogP contribution is -2.53. The van der Waals surface area contributed by atoms with Crippen LogP contribution in [0.3, 0.4) is 0 Å². The van der Waals surface area contributed by atoms with Gasteiger partial charge in [0.05, 0.1) is 11.5 Å². The van der Waals surface area contributed by atoms with Crippen LogP contribution in [0.25, 0.3) is 0 Å². The number of likely N-dealkylation sites (tertiary alicyclic amines) is 2. The van der Waals surface area contributed by atoms with E-state index < -0.39 is 17.3 Å². The maximum absolute atomic E-state index is 15.0. The van der Waals surface area contributed by atoms with Crippen LogP contribution in [0, 0.1) is 24.6 Å². The topological polar surface area (TPSA) is 79.0 Å². The first-order chi connectivity index (χ1) is 20.1. The summed E-state index contributed by atoms with van der Waals surface area (Å²) < 4.78 is 20.5. The van der Waals surface area contributed by atoms with Gasteiger partial charge in [-0.25, -0.2) is 9.18 Å². The Balaban J connectivity index is 1.57. The average molecular weight is 594 g/mol. The van der Waals surface area contributed by atoms with Crippen LogP contribution in [0.5, 0.6) is 0 Å². The largest absolute Gasteiger partial charge is 0.444 e. The predicted octanol–water partition coefficient (Wildman–Crippen LogP) is 7.33. The number of ether oxygens (including phenoxy) is 1. The number of amides is 3. The lowest BCUT2D eigenvalue weighted by Gasteiger charge is -2.43. The van der Waals surface area contributed by atoms with Crippen molar-refractivity contribution in [2.45, 2.75) is 97.6 Å². The van der Waals surface area contributed by atoms with Crippen LogP contribution in [-0.4, -0.2) is 59.0 Å². The molecule has 0 bridgehead atoms. The summed E-state index contributed by atoms with van der Waals surface area (Å²) in [5.74, 6) is -1.26. The van der Waals surface area contributed by atoms with E-state index in [1.54, 1.807) is 28.9 Å². The number of anilines is 1. The Morgan fingerprint density at radius 1 is 0.953 bits per heavy atom. The number of benzene rings is 2. The number of piperidine rings is 2. The standard InChI is InChI=1S/C35H48FN3O4/c1-23-11-8-15-28(36)30(23)32(41)39-18-10-14-27(31(40)37-26-13-9-12-25(22-26)34(2,3)4)29(39)21-24-16-19-38(20-17-24)33(42)43-35(5,6)7/h8-9,11-13,15,22,24,27,29H,10,14,16-21H2,1-7H3,(H,37,40). The van der Waals surface area contributed by atoms with Gasteiger partial charge in [-0.3, -0.25) is 9.59 Å². The molecule has 2 aliphatic rings. The molecule has 2 unspecified atom stereocenters. The van der Waals surface area contributed by atoms with E-state index in [2.05, 4.69) is 32.2 Å².